The van der Waals surface area contributed by atoms with E-state index in [0.717, 1.165) is 6.20 Å². The summed E-state index contributed by atoms with van der Waals surface area (Å²) in [5.74, 6) is -1.28. The van der Waals surface area contributed by atoms with Crippen LogP contribution in [0.1, 0.15) is 23.7 Å². The Morgan fingerprint density at radius 3 is 2.82 bits per heavy atom. The zero-order valence-corrected chi connectivity index (χ0v) is 11.9. The monoisotopic (exact) mass is 303 g/mol. The zero-order valence-electron chi connectivity index (χ0n) is 11.9. The number of non-ortho nitro benzene ring substituents is 1. The first-order valence-electron chi connectivity index (χ1n) is 6.70. The minimum atomic E-state index is -0.723. The number of nitro groups is 1. The molecule has 1 aromatic heterocycles. The third-order valence-corrected chi connectivity index (χ3v) is 3.05. The molecule has 0 fully saturated rings. The molecule has 1 aromatic carbocycles. The van der Waals surface area contributed by atoms with Crippen molar-refractivity contribution in [2.75, 3.05) is 11.4 Å². The van der Waals surface area contributed by atoms with E-state index >= 15 is 0 Å². The lowest BCUT2D eigenvalue weighted by atomic mass is 10.2. The molecular formula is C15H14FN3O3. The molecular weight excluding hydrogens is 289 g/mol. The van der Waals surface area contributed by atoms with Crippen molar-refractivity contribution in [1.29, 1.82) is 0 Å². The van der Waals surface area contributed by atoms with Crippen molar-refractivity contribution < 1.29 is 14.1 Å². The minimum Gasteiger partial charge on any atom is -0.308 e. The normalized spacial score (nSPS) is 10.3. The molecule has 0 aliphatic carbocycles. The highest BCUT2D eigenvalue weighted by Gasteiger charge is 2.21. The number of carbonyl (C=O) groups is 1. The van der Waals surface area contributed by atoms with Crippen LogP contribution in [0.2, 0.25) is 0 Å². The standard InChI is InChI=1S/C15H14FN3O3/c1-2-8-18(11-4-3-5-12(9-11)19(21)22)15(20)13-6-7-17-10-14(13)16/h3-7,9-10H,2,8H2,1H3. The van der Waals surface area contributed by atoms with Crippen molar-refractivity contribution >= 4 is 17.3 Å². The van der Waals surface area contributed by atoms with Gasteiger partial charge in [-0.1, -0.05) is 13.0 Å². The topological polar surface area (TPSA) is 76.3 Å². The van der Waals surface area contributed by atoms with Crippen LogP contribution in [0.4, 0.5) is 15.8 Å². The number of carbonyl (C=O) groups excluding carboxylic acids is 1. The lowest BCUT2D eigenvalue weighted by Gasteiger charge is -2.22. The van der Waals surface area contributed by atoms with Gasteiger partial charge in [0.25, 0.3) is 11.6 Å². The third-order valence-electron chi connectivity index (χ3n) is 3.05. The molecule has 1 amide bonds. The summed E-state index contributed by atoms with van der Waals surface area (Å²) in [6.45, 7) is 2.18. The Morgan fingerprint density at radius 1 is 1.41 bits per heavy atom. The highest BCUT2D eigenvalue weighted by Crippen LogP contribution is 2.23. The summed E-state index contributed by atoms with van der Waals surface area (Å²) >= 11 is 0. The second-order valence-corrected chi connectivity index (χ2v) is 4.59. The van der Waals surface area contributed by atoms with Crippen molar-refractivity contribution in [2.24, 2.45) is 0 Å². The maximum Gasteiger partial charge on any atom is 0.271 e. The van der Waals surface area contributed by atoms with Gasteiger partial charge in [-0.25, -0.2) is 4.39 Å². The lowest BCUT2D eigenvalue weighted by Crippen LogP contribution is -2.32. The quantitative estimate of drug-likeness (QED) is 0.628. The predicted molar refractivity (Wildman–Crippen MR) is 79.3 cm³/mol. The van der Waals surface area contributed by atoms with E-state index in [1.807, 2.05) is 6.92 Å². The van der Waals surface area contributed by atoms with Gasteiger partial charge in [0.15, 0.2) is 5.82 Å². The number of amides is 1. The van der Waals surface area contributed by atoms with E-state index in [-0.39, 0.29) is 11.3 Å². The number of nitrogens with zero attached hydrogens (tertiary/aromatic N) is 3. The molecule has 0 N–H and O–H groups in total. The number of rotatable bonds is 5. The van der Waals surface area contributed by atoms with E-state index in [0.29, 0.717) is 18.7 Å². The Balaban J connectivity index is 2.42. The second kappa shape index (κ2) is 6.75. The molecule has 0 spiro atoms. The van der Waals surface area contributed by atoms with Gasteiger partial charge in [-0.05, 0) is 18.6 Å². The highest BCUT2D eigenvalue weighted by atomic mass is 19.1. The van der Waals surface area contributed by atoms with Crippen LogP contribution in [0, 0.1) is 15.9 Å². The van der Waals surface area contributed by atoms with Crippen LogP contribution in [0.3, 0.4) is 0 Å². The number of anilines is 1. The summed E-state index contributed by atoms with van der Waals surface area (Å²) in [7, 11) is 0. The molecule has 7 heteroatoms. The molecule has 114 valence electrons. The Kier molecular flexibility index (Phi) is 4.77. The van der Waals surface area contributed by atoms with Crippen molar-refractivity contribution in [3.8, 4) is 0 Å². The van der Waals surface area contributed by atoms with Gasteiger partial charge in [0.05, 0.1) is 22.4 Å². The van der Waals surface area contributed by atoms with E-state index in [9.17, 15) is 19.3 Å². The summed E-state index contributed by atoms with van der Waals surface area (Å²) in [4.78, 5) is 27.8. The molecule has 0 atom stereocenters. The Labute approximate surface area is 126 Å². The number of halogens is 1. The molecule has 0 bridgehead atoms. The average Bonchev–Trinajstić information content (AvgIpc) is 2.52. The largest absolute Gasteiger partial charge is 0.308 e. The number of hydrogen-bond donors (Lipinski definition) is 0. The molecule has 22 heavy (non-hydrogen) atoms. The third kappa shape index (κ3) is 3.25. The maximum absolute atomic E-state index is 13.7. The summed E-state index contributed by atoms with van der Waals surface area (Å²) in [5.41, 5.74) is 0.119. The summed E-state index contributed by atoms with van der Waals surface area (Å²) in [6, 6.07) is 7.00. The first-order valence-corrected chi connectivity index (χ1v) is 6.70. The maximum atomic E-state index is 13.7. The van der Waals surface area contributed by atoms with Crippen LogP contribution >= 0.6 is 0 Å². The molecule has 0 saturated carbocycles. The van der Waals surface area contributed by atoms with E-state index in [2.05, 4.69) is 4.98 Å². The number of benzene rings is 1. The molecule has 0 unspecified atom stereocenters. The molecule has 0 aliphatic rings. The van der Waals surface area contributed by atoms with Crippen molar-refractivity contribution in [1.82, 2.24) is 4.98 Å². The van der Waals surface area contributed by atoms with Gasteiger partial charge in [-0.3, -0.25) is 19.9 Å². The molecule has 2 rings (SSSR count). The van der Waals surface area contributed by atoms with E-state index in [1.165, 1.54) is 35.4 Å². The van der Waals surface area contributed by atoms with Gasteiger partial charge in [0.1, 0.15) is 0 Å². The highest BCUT2D eigenvalue weighted by molar-refractivity contribution is 6.06. The number of pyridine rings is 1. The Morgan fingerprint density at radius 2 is 2.18 bits per heavy atom. The smallest absolute Gasteiger partial charge is 0.271 e. The second-order valence-electron chi connectivity index (χ2n) is 4.59. The van der Waals surface area contributed by atoms with E-state index in [1.54, 1.807) is 6.07 Å². The fourth-order valence-corrected chi connectivity index (χ4v) is 2.04. The SMILES string of the molecule is CCCN(C(=O)c1ccncc1F)c1cccc([N+](=O)[O-])c1. The molecule has 6 nitrogen and oxygen atoms in total. The lowest BCUT2D eigenvalue weighted by molar-refractivity contribution is -0.384. The van der Waals surface area contributed by atoms with Gasteiger partial charge in [0, 0.05) is 24.9 Å². The Bertz CT molecular complexity index is 706. The fraction of sp³-hybridized carbons (Fsp3) is 0.200. The van der Waals surface area contributed by atoms with E-state index in [4.69, 9.17) is 0 Å². The number of aromatic nitrogens is 1. The predicted octanol–water partition coefficient (Wildman–Crippen LogP) is 3.19. The number of nitro benzene ring substituents is 1. The van der Waals surface area contributed by atoms with Gasteiger partial charge in [-0.15, -0.1) is 0 Å². The molecule has 0 radical (unpaired) electrons. The van der Waals surface area contributed by atoms with Gasteiger partial charge >= 0.3 is 0 Å². The van der Waals surface area contributed by atoms with Crippen molar-refractivity contribution in [3.05, 3.63) is 64.2 Å². The Hall–Kier alpha value is -2.83. The van der Waals surface area contributed by atoms with Crippen LogP contribution in [-0.2, 0) is 0 Å². The van der Waals surface area contributed by atoms with Crippen LogP contribution in [0.25, 0.3) is 0 Å². The molecule has 0 aliphatic heterocycles. The fourth-order valence-electron chi connectivity index (χ4n) is 2.04. The van der Waals surface area contributed by atoms with Crippen molar-refractivity contribution in [2.45, 2.75) is 13.3 Å². The zero-order chi connectivity index (χ0) is 16.1. The summed E-state index contributed by atoms with van der Waals surface area (Å²) in [5, 5.41) is 10.9. The minimum absolute atomic E-state index is 0.116. The average molecular weight is 303 g/mol. The number of hydrogen-bond acceptors (Lipinski definition) is 4. The van der Waals surface area contributed by atoms with Gasteiger partial charge < -0.3 is 4.90 Å². The van der Waals surface area contributed by atoms with Crippen molar-refractivity contribution in [3.63, 3.8) is 0 Å². The van der Waals surface area contributed by atoms with Gasteiger partial charge in [-0.2, -0.15) is 0 Å². The van der Waals surface area contributed by atoms with Crippen LogP contribution in [-0.4, -0.2) is 22.4 Å². The van der Waals surface area contributed by atoms with Gasteiger partial charge in [0.2, 0.25) is 0 Å². The molecule has 2 aromatic rings. The summed E-state index contributed by atoms with van der Waals surface area (Å²) < 4.78 is 13.7. The first-order chi connectivity index (χ1) is 10.5. The first kappa shape index (κ1) is 15.6. The molecule has 0 saturated heterocycles. The van der Waals surface area contributed by atoms with Crippen LogP contribution < -0.4 is 4.90 Å². The van der Waals surface area contributed by atoms with Crippen LogP contribution in [0.5, 0.6) is 0 Å². The van der Waals surface area contributed by atoms with E-state index < -0.39 is 16.6 Å². The summed E-state index contributed by atoms with van der Waals surface area (Å²) in [6.07, 6.45) is 2.92. The molecule has 1 heterocycles. The van der Waals surface area contributed by atoms with Crippen LogP contribution in [0.15, 0.2) is 42.7 Å².